The fourth-order valence-electron chi connectivity index (χ4n) is 2.31. The minimum Gasteiger partial charge on any atom is -0.489 e. The van der Waals surface area contributed by atoms with Crippen molar-refractivity contribution in [2.45, 2.75) is 25.8 Å². The normalized spacial score (nSPS) is 16.0. The molecule has 0 unspecified atom stereocenters. The second kappa shape index (κ2) is 7.58. The van der Waals surface area contributed by atoms with Gasteiger partial charge in [0.05, 0.1) is 6.54 Å². The molecule has 1 aliphatic rings. The molecule has 1 saturated heterocycles. The van der Waals surface area contributed by atoms with Crippen LogP contribution in [-0.4, -0.2) is 30.6 Å². The molecule has 0 spiro atoms. The third-order valence-corrected chi connectivity index (χ3v) is 3.42. The summed E-state index contributed by atoms with van der Waals surface area (Å²) in [7, 11) is 0. The van der Waals surface area contributed by atoms with Crippen molar-refractivity contribution in [3.05, 3.63) is 42.5 Å². The maximum Gasteiger partial charge on any atom is 0.191 e. The molecule has 0 aromatic heterocycles. The monoisotopic (exact) mass is 273 g/mol. The summed E-state index contributed by atoms with van der Waals surface area (Å²) in [4.78, 5) is 6.66. The molecule has 0 saturated carbocycles. The highest BCUT2D eigenvalue weighted by atomic mass is 16.5. The number of nitrogens with two attached hydrogens (primary N) is 1. The van der Waals surface area contributed by atoms with Gasteiger partial charge in [-0.25, -0.2) is 4.99 Å². The molecule has 0 atom stereocenters. The summed E-state index contributed by atoms with van der Waals surface area (Å²) in [6, 6.07) is 7.92. The first-order chi connectivity index (χ1) is 9.81. The largest absolute Gasteiger partial charge is 0.489 e. The molecule has 0 aliphatic carbocycles. The van der Waals surface area contributed by atoms with Gasteiger partial charge < -0.3 is 15.4 Å². The van der Waals surface area contributed by atoms with E-state index >= 15 is 0 Å². The summed E-state index contributed by atoms with van der Waals surface area (Å²) in [6.07, 6.45) is 5.44. The van der Waals surface area contributed by atoms with E-state index in [0.29, 0.717) is 19.1 Å². The van der Waals surface area contributed by atoms with Crippen molar-refractivity contribution in [3.8, 4) is 5.75 Å². The van der Waals surface area contributed by atoms with E-state index in [1.165, 1.54) is 19.3 Å². The second-order valence-corrected chi connectivity index (χ2v) is 4.93. The van der Waals surface area contributed by atoms with Gasteiger partial charge in [0.25, 0.3) is 0 Å². The van der Waals surface area contributed by atoms with E-state index < -0.39 is 0 Å². The van der Waals surface area contributed by atoms with Gasteiger partial charge in [-0.05, 0) is 25.3 Å². The van der Waals surface area contributed by atoms with Crippen LogP contribution in [0.25, 0.3) is 0 Å². The molecule has 1 aliphatic heterocycles. The Morgan fingerprint density at radius 3 is 2.80 bits per heavy atom. The van der Waals surface area contributed by atoms with Crippen molar-refractivity contribution in [2.75, 3.05) is 19.7 Å². The Kier molecular flexibility index (Phi) is 5.47. The van der Waals surface area contributed by atoms with E-state index in [-0.39, 0.29) is 0 Å². The number of rotatable bonds is 5. The first kappa shape index (κ1) is 14.4. The van der Waals surface area contributed by atoms with Gasteiger partial charge in [-0.15, -0.1) is 0 Å². The number of hydrogen-bond donors (Lipinski definition) is 1. The van der Waals surface area contributed by atoms with Crippen LogP contribution in [-0.2, 0) is 6.54 Å². The van der Waals surface area contributed by atoms with Crippen LogP contribution in [0.2, 0.25) is 0 Å². The van der Waals surface area contributed by atoms with E-state index in [9.17, 15) is 0 Å². The summed E-state index contributed by atoms with van der Waals surface area (Å²) in [5, 5.41) is 0. The van der Waals surface area contributed by atoms with Gasteiger partial charge in [-0.2, -0.15) is 0 Å². The zero-order valence-electron chi connectivity index (χ0n) is 11.9. The number of para-hydroxylation sites is 1. The lowest BCUT2D eigenvalue weighted by molar-refractivity contribution is 0.337. The van der Waals surface area contributed by atoms with Gasteiger partial charge in [-0.3, -0.25) is 0 Å². The van der Waals surface area contributed by atoms with E-state index in [1.807, 2.05) is 24.3 Å². The minimum atomic E-state index is 0.502. The number of aliphatic imine (C=N–C) groups is 1. The molecule has 2 rings (SSSR count). The van der Waals surface area contributed by atoms with Gasteiger partial charge in [-0.1, -0.05) is 30.9 Å². The third-order valence-electron chi connectivity index (χ3n) is 3.42. The quantitative estimate of drug-likeness (QED) is 0.509. The molecule has 2 N–H and O–H groups in total. The van der Waals surface area contributed by atoms with Crippen LogP contribution in [0.3, 0.4) is 0 Å². The molecule has 4 nitrogen and oxygen atoms in total. The molecule has 0 amide bonds. The minimum absolute atomic E-state index is 0.502. The lowest BCUT2D eigenvalue weighted by atomic mass is 10.1. The third kappa shape index (κ3) is 4.02. The van der Waals surface area contributed by atoms with Crippen molar-refractivity contribution in [3.63, 3.8) is 0 Å². The van der Waals surface area contributed by atoms with Crippen molar-refractivity contribution >= 4 is 5.96 Å². The van der Waals surface area contributed by atoms with Gasteiger partial charge in [0, 0.05) is 18.7 Å². The maximum atomic E-state index is 6.07. The fraction of sp³-hybridized carbons (Fsp3) is 0.438. The standard InChI is InChI=1S/C16H23N3O/c1-2-12-20-15-9-5-4-8-14(15)13-18-16(17)19-10-6-3-7-11-19/h2,4-5,8-9H,1,3,6-7,10-13H2,(H2,17,18). The number of guanidine groups is 1. The highest BCUT2D eigenvalue weighted by molar-refractivity contribution is 5.78. The van der Waals surface area contributed by atoms with E-state index in [0.717, 1.165) is 24.4 Å². The van der Waals surface area contributed by atoms with Crippen LogP contribution in [0.5, 0.6) is 5.75 Å². The van der Waals surface area contributed by atoms with Crippen LogP contribution in [0.1, 0.15) is 24.8 Å². The molecule has 108 valence electrons. The second-order valence-electron chi connectivity index (χ2n) is 4.93. The number of ether oxygens (including phenoxy) is 1. The number of benzene rings is 1. The molecule has 1 aromatic rings. The number of likely N-dealkylation sites (tertiary alicyclic amines) is 1. The summed E-state index contributed by atoms with van der Waals surface area (Å²) in [5.41, 5.74) is 7.12. The number of hydrogen-bond acceptors (Lipinski definition) is 2. The summed E-state index contributed by atoms with van der Waals surface area (Å²) >= 11 is 0. The van der Waals surface area contributed by atoms with Crippen molar-refractivity contribution in [1.82, 2.24) is 4.90 Å². The molecule has 1 fully saturated rings. The lowest BCUT2D eigenvalue weighted by Gasteiger charge is -2.27. The predicted octanol–water partition coefficient (Wildman–Crippen LogP) is 2.55. The fourth-order valence-corrected chi connectivity index (χ4v) is 2.31. The van der Waals surface area contributed by atoms with E-state index in [1.54, 1.807) is 6.08 Å². The molecule has 1 heterocycles. The van der Waals surface area contributed by atoms with E-state index in [4.69, 9.17) is 10.5 Å². The Morgan fingerprint density at radius 2 is 2.05 bits per heavy atom. The van der Waals surface area contributed by atoms with Gasteiger partial charge >= 0.3 is 0 Å². The van der Waals surface area contributed by atoms with Crippen LogP contribution < -0.4 is 10.5 Å². The number of nitrogens with zero attached hydrogens (tertiary/aromatic N) is 2. The molecule has 1 aromatic carbocycles. The summed E-state index contributed by atoms with van der Waals surface area (Å²) in [5.74, 6) is 1.49. The van der Waals surface area contributed by atoms with Crippen LogP contribution in [0.15, 0.2) is 41.9 Å². The molecule has 0 bridgehead atoms. The molecule has 20 heavy (non-hydrogen) atoms. The SMILES string of the molecule is C=CCOc1ccccc1CN=C(N)N1CCCCC1. The van der Waals surface area contributed by atoms with Crippen molar-refractivity contribution < 1.29 is 4.74 Å². The Morgan fingerprint density at radius 1 is 1.30 bits per heavy atom. The topological polar surface area (TPSA) is 50.9 Å². The lowest BCUT2D eigenvalue weighted by Crippen LogP contribution is -2.40. The highest BCUT2D eigenvalue weighted by Crippen LogP contribution is 2.19. The van der Waals surface area contributed by atoms with Gasteiger partial charge in [0.1, 0.15) is 12.4 Å². The van der Waals surface area contributed by atoms with Crippen molar-refractivity contribution in [1.29, 1.82) is 0 Å². The molecule has 0 radical (unpaired) electrons. The average molecular weight is 273 g/mol. The Labute approximate surface area is 120 Å². The predicted molar refractivity (Wildman–Crippen MR) is 82.9 cm³/mol. The highest BCUT2D eigenvalue weighted by Gasteiger charge is 2.12. The average Bonchev–Trinajstić information content (AvgIpc) is 2.52. The Balaban J connectivity index is 1.99. The molecule has 4 heteroatoms. The molecular formula is C16H23N3O. The number of piperidine rings is 1. The van der Waals surface area contributed by atoms with Crippen LogP contribution >= 0.6 is 0 Å². The molecular weight excluding hydrogens is 250 g/mol. The smallest absolute Gasteiger partial charge is 0.191 e. The van der Waals surface area contributed by atoms with Crippen LogP contribution in [0.4, 0.5) is 0 Å². The first-order valence-corrected chi connectivity index (χ1v) is 7.17. The summed E-state index contributed by atoms with van der Waals surface area (Å²) in [6.45, 7) is 6.75. The Bertz CT molecular complexity index is 465. The Hall–Kier alpha value is -1.97. The zero-order valence-corrected chi connectivity index (χ0v) is 11.9. The summed E-state index contributed by atoms with van der Waals surface area (Å²) < 4.78 is 5.62. The maximum absolute atomic E-state index is 6.07. The van der Waals surface area contributed by atoms with Gasteiger partial charge in [0.2, 0.25) is 0 Å². The van der Waals surface area contributed by atoms with Gasteiger partial charge in [0.15, 0.2) is 5.96 Å². The van der Waals surface area contributed by atoms with Crippen LogP contribution in [0, 0.1) is 0 Å². The first-order valence-electron chi connectivity index (χ1n) is 7.17. The zero-order chi connectivity index (χ0) is 14.2. The van der Waals surface area contributed by atoms with Crippen molar-refractivity contribution in [2.24, 2.45) is 10.7 Å². The van der Waals surface area contributed by atoms with E-state index in [2.05, 4.69) is 16.5 Å².